The molecule has 2 nitrogen and oxygen atoms in total. The van der Waals surface area contributed by atoms with E-state index in [1.807, 2.05) is 13.1 Å². The zero-order valence-corrected chi connectivity index (χ0v) is 8.04. The van der Waals surface area contributed by atoms with Gasteiger partial charge in [-0.15, -0.1) is 0 Å². The summed E-state index contributed by atoms with van der Waals surface area (Å²) in [6, 6.07) is 4.20. The van der Waals surface area contributed by atoms with Crippen LogP contribution in [-0.2, 0) is 6.54 Å². The van der Waals surface area contributed by atoms with Crippen LogP contribution in [0.5, 0.6) is 0 Å². The summed E-state index contributed by atoms with van der Waals surface area (Å²) in [7, 11) is 2.12. The van der Waals surface area contributed by atoms with Crippen molar-refractivity contribution < 1.29 is 0 Å². The van der Waals surface area contributed by atoms with E-state index in [1.54, 1.807) is 0 Å². The van der Waals surface area contributed by atoms with Gasteiger partial charge in [0.15, 0.2) is 0 Å². The highest BCUT2D eigenvalue weighted by atomic mass is 15.1. The average Bonchev–Trinajstić information content (AvgIpc) is 2.04. The van der Waals surface area contributed by atoms with E-state index in [2.05, 4.69) is 36.0 Å². The molecule has 0 unspecified atom stereocenters. The minimum absolute atomic E-state index is 1.01. The zero-order valence-electron chi connectivity index (χ0n) is 8.04. The van der Waals surface area contributed by atoms with Gasteiger partial charge < -0.3 is 4.90 Å². The third kappa shape index (κ3) is 2.62. The normalized spacial score (nSPS) is 10.7. The molecule has 0 fully saturated rings. The summed E-state index contributed by atoms with van der Waals surface area (Å²) >= 11 is 0. The maximum absolute atomic E-state index is 4.15. The highest BCUT2D eigenvalue weighted by Gasteiger charge is 1.97. The van der Waals surface area contributed by atoms with Gasteiger partial charge in [0.05, 0.1) is 0 Å². The molecule has 0 spiro atoms. The minimum Gasteiger partial charge on any atom is -0.302 e. The van der Waals surface area contributed by atoms with Gasteiger partial charge in [0, 0.05) is 18.4 Å². The molecule has 1 heterocycles. The maximum Gasteiger partial charge on any atom is 0.0375 e. The first-order valence-corrected chi connectivity index (χ1v) is 4.32. The average molecular weight is 164 g/mol. The molecule has 0 atom stereocenters. The molecular weight excluding hydrogens is 148 g/mol. The zero-order chi connectivity index (χ0) is 8.97. The number of hydrogen-bond acceptors (Lipinski definition) is 2. The predicted molar refractivity (Wildman–Crippen MR) is 51.0 cm³/mol. The SMILES string of the molecule is CCN(C)Cc1ccnc(C)c1. The topological polar surface area (TPSA) is 16.1 Å². The predicted octanol–water partition coefficient (Wildman–Crippen LogP) is 1.84. The Labute approximate surface area is 74.2 Å². The molecule has 1 aromatic rings. The Morgan fingerprint density at radius 2 is 2.25 bits per heavy atom. The lowest BCUT2D eigenvalue weighted by atomic mass is 10.2. The van der Waals surface area contributed by atoms with Crippen molar-refractivity contribution in [3.05, 3.63) is 29.6 Å². The highest BCUT2D eigenvalue weighted by molar-refractivity contribution is 5.14. The number of aryl methyl sites for hydroxylation is 1. The minimum atomic E-state index is 1.01. The van der Waals surface area contributed by atoms with E-state index in [4.69, 9.17) is 0 Å². The third-order valence-corrected chi connectivity index (χ3v) is 1.95. The fourth-order valence-electron chi connectivity index (χ4n) is 1.13. The molecule has 0 radical (unpaired) electrons. The van der Waals surface area contributed by atoms with E-state index in [0.717, 1.165) is 18.8 Å². The molecule has 0 aliphatic heterocycles. The van der Waals surface area contributed by atoms with Crippen LogP contribution in [0.15, 0.2) is 18.3 Å². The van der Waals surface area contributed by atoms with Crippen LogP contribution in [0, 0.1) is 6.92 Å². The number of hydrogen-bond donors (Lipinski definition) is 0. The number of rotatable bonds is 3. The van der Waals surface area contributed by atoms with Gasteiger partial charge in [-0.2, -0.15) is 0 Å². The van der Waals surface area contributed by atoms with Gasteiger partial charge in [0.1, 0.15) is 0 Å². The first kappa shape index (κ1) is 9.20. The van der Waals surface area contributed by atoms with Crippen LogP contribution >= 0.6 is 0 Å². The van der Waals surface area contributed by atoms with Gasteiger partial charge in [-0.05, 0) is 38.2 Å². The van der Waals surface area contributed by atoms with E-state index < -0.39 is 0 Å². The summed E-state index contributed by atoms with van der Waals surface area (Å²) in [5.74, 6) is 0. The summed E-state index contributed by atoms with van der Waals surface area (Å²) in [6.45, 7) is 6.28. The molecular formula is C10H16N2. The monoisotopic (exact) mass is 164 g/mol. The van der Waals surface area contributed by atoms with Crippen molar-refractivity contribution in [3.8, 4) is 0 Å². The second kappa shape index (κ2) is 4.21. The fraction of sp³-hybridized carbons (Fsp3) is 0.500. The van der Waals surface area contributed by atoms with Crippen LogP contribution in [-0.4, -0.2) is 23.5 Å². The van der Waals surface area contributed by atoms with Crippen LogP contribution in [0.3, 0.4) is 0 Å². The van der Waals surface area contributed by atoms with Crippen molar-refractivity contribution in [3.63, 3.8) is 0 Å². The largest absolute Gasteiger partial charge is 0.302 e. The Morgan fingerprint density at radius 3 is 2.83 bits per heavy atom. The highest BCUT2D eigenvalue weighted by Crippen LogP contribution is 2.03. The van der Waals surface area contributed by atoms with Crippen LogP contribution in [0.25, 0.3) is 0 Å². The quantitative estimate of drug-likeness (QED) is 0.677. The lowest BCUT2D eigenvalue weighted by Gasteiger charge is -2.13. The second-order valence-electron chi connectivity index (χ2n) is 3.14. The summed E-state index contributed by atoms with van der Waals surface area (Å²) < 4.78 is 0. The van der Waals surface area contributed by atoms with E-state index in [-0.39, 0.29) is 0 Å². The Bertz CT molecular complexity index is 245. The van der Waals surface area contributed by atoms with Gasteiger partial charge in [0.2, 0.25) is 0 Å². The first-order chi connectivity index (χ1) is 5.72. The van der Waals surface area contributed by atoms with Crippen molar-refractivity contribution >= 4 is 0 Å². The standard InChI is InChI=1S/C10H16N2/c1-4-12(3)8-10-5-6-11-9(2)7-10/h5-7H,4,8H2,1-3H3. The van der Waals surface area contributed by atoms with Crippen LogP contribution in [0.1, 0.15) is 18.2 Å². The second-order valence-corrected chi connectivity index (χ2v) is 3.14. The molecule has 0 bridgehead atoms. The van der Waals surface area contributed by atoms with Gasteiger partial charge in [-0.1, -0.05) is 6.92 Å². The van der Waals surface area contributed by atoms with Gasteiger partial charge in [0.25, 0.3) is 0 Å². The Morgan fingerprint density at radius 1 is 1.50 bits per heavy atom. The Kier molecular flexibility index (Phi) is 3.23. The van der Waals surface area contributed by atoms with Crippen molar-refractivity contribution in [2.24, 2.45) is 0 Å². The fourth-order valence-corrected chi connectivity index (χ4v) is 1.13. The van der Waals surface area contributed by atoms with Gasteiger partial charge in [-0.25, -0.2) is 0 Å². The van der Waals surface area contributed by atoms with Gasteiger partial charge >= 0.3 is 0 Å². The molecule has 66 valence electrons. The van der Waals surface area contributed by atoms with Crippen molar-refractivity contribution in [2.45, 2.75) is 20.4 Å². The molecule has 1 aromatic heterocycles. The first-order valence-electron chi connectivity index (χ1n) is 4.32. The van der Waals surface area contributed by atoms with Crippen LogP contribution in [0.2, 0.25) is 0 Å². The van der Waals surface area contributed by atoms with Crippen molar-refractivity contribution in [1.29, 1.82) is 0 Å². The summed E-state index contributed by atoms with van der Waals surface area (Å²) in [6.07, 6.45) is 1.87. The molecule has 0 aliphatic rings. The smallest absolute Gasteiger partial charge is 0.0375 e. The van der Waals surface area contributed by atoms with E-state index in [9.17, 15) is 0 Å². The van der Waals surface area contributed by atoms with Crippen molar-refractivity contribution in [1.82, 2.24) is 9.88 Å². The molecule has 0 saturated heterocycles. The summed E-state index contributed by atoms with van der Waals surface area (Å²) in [5.41, 5.74) is 2.43. The third-order valence-electron chi connectivity index (χ3n) is 1.95. The Hall–Kier alpha value is -0.890. The molecule has 0 saturated carbocycles. The van der Waals surface area contributed by atoms with E-state index in [0.29, 0.717) is 0 Å². The van der Waals surface area contributed by atoms with Crippen LogP contribution in [0.4, 0.5) is 0 Å². The lowest BCUT2D eigenvalue weighted by Crippen LogP contribution is -2.16. The number of pyridine rings is 1. The molecule has 0 N–H and O–H groups in total. The number of aromatic nitrogens is 1. The molecule has 0 aliphatic carbocycles. The molecule has 12 heavy (non-hydrogen) atoms. The summed E-state index contributed by atoms with van der Waals surface area (Å²) in [5, 5.41) is 0. The molecule has 1 rings (SSSR count). The van der Waals surface area contributed by atoms with Crippen molar-refractivity contribution in [2.75, 3.05) is 13.6 Å². The van der Waals surface area contributed by atoms with Gasteiger partial charge in [-0.3, -0.25) is 4.98 Å². The summed E-state index contributed by atoms with van der Waals surface area (Å²) in [4.78, 5) is 6.43. The molecule has 0 aromatic carbocycles. The maximum atomic E-state index is 4.15. The van der Waals surface area contributed by atoms with Crippen LogP contribution < -0.4 is 0 Å². The molecule has 2 heteroatoms. The number of nitrogens with zero attached hydrogens (tertiary/aromatic N) is 2. The molecule has 0 amide bonds. The lowest BCUT2D eigenvalue weighted by molar-refractivity contribution is 0.345. The van der Waals surface area contributed by atoms with E-state index in [1.165, 1.54) is 5.56 Å². The van der Waals surface area contributed by atoms with E-state index >= 15 is 0 Å². The Balaban J connectivity index is 2.63.